The molecule has 19 heavy (non-hydrogen) atoms. The molecule has 1 aromatic carbocycles. The molecule has 0 unspecified atom stereocenters. The molecule has 1 aliphatic heterocycles. The molecule has 1 aliphatic rings. The lowest BCUT2D eigenvalue weighted by Crippen LogP contribution is -2.47. The van der Waals surface area contributed by atoms with E-state index in [-0.39, 0.29) is 18.3 Å². The van der Waals surface area contributed by atoms with E-state index in [0.29, 0.717) is 30.8 Å². The zero-order chi connectivity index (χ0) is 13.8. The molecule has 1 amide bonds. The van der Waals surface area contributed by atoms with E-state index in [1.165, 1.54) is 0 Å². The zero-order valence-corrected chi connectivity index (χ0v) is 11.2. The van der Waals surface area contributed by atoms with E-state index >= 15 is 0 Å². The summed E-state index contributed by atoms with van der Waals surface area (Å²) in [5.74, 6) is -0.0880. The van der Waals surface area contributed by atoms with Crippen molar-refractivity contribution in [1.82, 2.24) is 9.80 Å². The van der Waals surface area contributed by atoms with Gasteiger partial charge in [-0.3, -0.25) is 9.69 Å². The summed E-state index contributed by atoms with van der Waals surface area (Å²) >= 11 is 0. The number of hydrogen-bond acceptors (Lipinski definition) is 3. The summed E-state index contributed by atoms with van der Waals surface area (Å²) in [6.45, 7) is 5.38. The van der Waals surface area contributed by atoms with E-state index in [4.69, 9.17) is 5.73 Å². The van der Waals surface area contributed by atoms with Gasteiger partial charge in [0.15, 0.2) is 0 Å². The third-order valence-electron chi connectivity index (χ3n) is 3.59. The smallest absolute Gasteiger partial charge is 0.219 e. The first-order chi connectivity index (χ1) is 9.11. The summed E-state index contributed by atoms with van der Waals surface area (Å²) in [6.07, 6.45) is 0. The first-order valence-corrected chi connectivity index (χ1v) is 6.56. The molecule has 0 aliphatic carbocycles. The van der Waals surface area contributed by atoms with E-state index in [0.717, 1.165) is 13.1 Å². The zero-order valence-electron chi connectivity index (χ0n) is 11.2. The van der Waals surface area contributed by atoms with Crippen molar-refractivity contribution in [2.75, 3.05) is 26.2 Å². The van der Waals surface area contributed by atoms with Crippen molar-refractivity contribution in [3.63, 3.8) is 0 Å². The summed E-state index contributed by atoms with van der Waals surface area (Å²) < 4.78 is 14.1. The summed E-state index contributed by atoms with van der Waals surface area (Å²) in [7, 11) is 0. The standard InChI is InChI=1S/C14H20FN3O/c1-11(19)18-7-5-17(6-8-18)10-13-4-2-3-12(9-16)14(13)15/h2-4H,5-10,16H2,1H3. The van der Waals surface area contributed by atoms with Crippen LogP contribution >= 0.6 is 0 Å². The quantitative estimate of drug-likeness (QED) is 0.885. The molecule has 1 fully saturated rings. The Balaban J connectivity index is 1.98. The average molecular weight is 265 g/mol. The number of nitrogens with zero attached hydrogens (tertiary/aromatic N) is 2. The molecule has 0 atom stereocenters. The van der Waals surface area contributed by atoms with E-state index in [9.17, 15) is 9.18 Å². The minimum Gasteiger partial charge on any atom is -0.340 e. The van der Waals surface area contributed by atoms with Crippen LogP contribution in [0, 0.1) is 5.82 Å². The number of amides is 1. The van der Waals surface area contributed by atoms with Crippen LogP contribution in [0.15, 0.2) is 18.2 Å². The fourth-order valence-electron chi connectivity index (χ4n) is 2.37. The second-order valence-electron chi connectivity index (χ2n) is 4.88. The van der Waals surface area contributed by atoms with Crippen molar-refractivity contribution in [2.45, 2.75) is 20.0 Å². The second-order valence-corrected chi connectivity index (χ2v) is 4.88. The van der Waals surface area contributed by atoms with Gasteiger partial charge in [0.05, 0.1) is 0 Å². The Morgan fingerprint density at radius 2 is 1.89 bits per heavy atom. The van der Waals surface area contributed by atoms with Crippen molar-refractivity contribution >= 4 is 5.91 Å². The Morgan fingerprint density at radius 3 is 2.47 bits per heavy atom. The topological polar surface area (TPSA) is 49.6 Å². The lowest BCUT2D eigenvalue weighted by Gasteiger charge is -2.34. The Hall–Kier alpha value is -1.46. The maximum absolute atomic E-state index is 14.1. The van der Waals surface area contributed by atoms with Gasteiger partial charge in [0, 0.05) is 57.3 Å². The van der Waals surface area contributed by atoms with Crippen molar-refractivity contribution in [3.8, 4) is 0 Å². The maximum Gasteiger partial charge on any atom is 0.219 e. The number of piperazine rings is 1. The molecule has 0 spiro atoms. The molecule has 4 nitrogen and oxygen atoms in total. The molecule has 1 heterocycles. The van der Waals surface area contributed by atoms with Gasteiger partial charge in [0.25, 0.3) is 0 Å². The lowest BCUT2D eigenvalue weighted by atomic mass is 10.1. The van der Waals surface area contributed by atoms with Gasteiger partial charge < -0.3 is 10.6 Å². The summed E-state index contributed by atoms with van der Waals surface area (Å²) in [5, 5.41) is 0. The monoisotopic (exact) mass is 265 g/mol. The third-order valence-corrected chi connectivity index (χ3v) is 3.59. The number of carbonyl (C=O) groups is 1. The Labute approximate surface area is 113 Å². The van der Waals surface area contributed by atoms with Crippen molar-refractivity contribution in [3.05, 3.63) is 35.1 Å². The molecule has 2 N–H and O–H groups in total. The molecule has 2 rings (SSSR count). The molecule has 104 valence electrons. The van der Waals surface area contributed by atoms with Crippen molar-refractivity contribution in [2.24, 2.45) is 5.73 Å². The normalized spacial score (nSPS) is 16.7. The largest absolute Gasteiger partial charge is 0.340 e. The molecule has 1 saturated heterocycles. The first kappa shape index (κ1) is 14.0. The van der Waals surface area contributed by atoms with Gasteiger partial charge in [0.1, 0.15) is 5.82 Å². The van der Waals surface area contributed by atoms with Gasteiger partial charge in [-0.25, -0.2) is 4.39 Å². The van der Waals surface area contributed by atoms with Crippen LogP contribution in [0.3, 0.4) is 0 Å². The number of rotatable bonds is 3. The van der Waals surface area contributed by atoms with Crippen molar-refractivity contribution in [1.29, 1.82) is 0 Å². The molecule has 0 aromatic heterocycles. The van der Waals surface area contributed by atoms with Gasteiger partial charge in [-0.05, 0) is 0 Å². The van der Waals surface area contributed by atoms with E-state index in [1.807, 2.05) is 11.0 Å². The molecule has 0 saturated carbocycles. The van der Waals surface area contributed by atoms with Gasteiger partial charge in [0.2, 0.25) is 5.91 Å². The van der Waals surface area contributed by atoms with E-state index < -0.39 is 0 Å². The predicted octanol–water partition coefficient (Wildman–Crippen LogP) is 0.949. The van der Waals surface area contributed by atoms with Gasteiger partial charge in [-0.2, -0.15) is 0 Å². The van der Waals surface area contributed by atoms with E-state index in [2.05, 4.69) is 4.90 Å². The van der Waals surface area contributed by atoms with Crippen LogP contribution in [0.5, 0.6) is 0 Å². The fourth-order valence-corrected chi connectivity index (χ4v) is 2.37. The number of halogens is 1. The molecule has 0 radical (unpaired) electrons. The van der Waals surface area contributed by atoms with Crippen LogP contribution in [-0.4, -0.2) is 41.9 Å². The fraction of sp³-hybridized carbons (Fsp3) is 0.500. The van der Waals surface area contributed by atoms with Gasteiger partial charge >= 0.3 is 0 Å². The van der Waals surface area contributed by atoms with Gasteiger partial charge in [-0.15, -0.1) is 0 Å². The summed E-state index contributed by atoms with van der Waals surface area (Å²) in [5.41, 5.74) is 6.74. The summed E-state index contributed by atoms with van der Waals surface area (Å²) in [4.78, 5) is 15.2. The highest BCUT2D eigenvalue weighted by Crippen LogP contribution is 2.15. The Kier molecular flexibility index (Phi) is 4.50. The number of carbonyl (C=O) groups excluding carboxylic acids is 1. The van der Waals surface area contributed by atoms with Gasteiger partial charge in [-0.1, -0.05) is 18.2 Å². The van der Waals surface area contributed by atoms with Crippen LogP contribution in [0.25, 0.3) is 0 Å². The van der Waals surface area contributed by atoms with Crippen LogP contribution in [0.1, 0.15) is 18.1 Å². The minimum atomic E-state index is -0.195. The molecule has 1 aromatic rings. The first-order valence-electron chi connectivity index (χ1n) is 6.56. The highest BCUT2D eigenvalue weighted by Gasteiger charge is 2.19. The predicted molar refractivity (Wildman–Crippen MR) is 71.8 cm³/mol. The number of benzene rings is 1. The molecule has 0 bridgehead atoms. The number of hydrogen-bond donors (Lipinski definition) is 1. The minimum absolute atomic E-state index is 0.107. The lowest BCUT2D eigenvalue weighted by molar-refractivity contribution is -0.130. The maximum atomic E-state index is 14.1. The molecular weight excluding hydrogens is 245 g/mol. The highest BCUT2D eigenvalue weighted by atomic mass is 19.1. The Morgan fingerprint density at radius 1 is 1.26 bits per heavy atom. The van der Waals surface area contributed by atoms with E-state index in [1.54, 1.807) is 19.1 Å². The number of nitrogens with two attached hydrogens (primary N) is 1. The SMILES string of the molecule is CC(=O)N1CCN(Cc2cccc(CN)c2F)CC1. The third kappa shape index (κ3) is 3.30. The Bertz CT molecular complexity index is 456. The average Bonchev–Trinajstić information content (AvgIpc) is 2.42. The second kappa shape index (κ2) is 6.12. The van der Waals surface area contributed by atoms with Crippen molar-refractivity contribution < 1.29 is 9.18 Å². The highest BCUT2D eigenvalue weighted by molar-refractivity contribution is 5.73. The van der Waals surface area contributed by atoms with Crippen LogP contribution in [0.2, 0.25) is 0 Å². The van der Waals surface area contributed by atoms with Crippen LogP contribution in [0.4, 0.5) is 4.39 Å². The summed E-state index contributed by atoms with van der Waals surface area (Å²) in [6, 6.07) is 5.35. The van der Waals surface area contributed by atoms with Crippen LogP contribution < -0.4 is 5.73 Å². The van der Waals surface area contributed by atoms with Crippen LogP contribution in [-0.2, 0) is 17.9 Å². The molecule has 5 heteroatoms. The molecular formula is C14H20FN3O.